The van der Waals surface area contributed by atoms with Gasteiger partial charge < -0.3 is 9.67 Å². The molecule has 0 amide bonds. The van der Waals surface area contributed by atoms with Gasteiger partial charge in [0.15, 0.2) is 0 Å². The molecule has 0 radical (unpaired) electrons. The minimum atomic E-state index is -0.269. The van der Waals surface area contributed by atoms with Crippen LogP contribution in [0.5, 0.6) is 0 Å². The number of hydrogen-bond donors (Lipinski definition) is 1. The van der Waals surface area contributed by atoms with E-state index in [1.807, 2.05) is 0 Å². The van der Waals surface area contributed by atoms with Crippen LogP contribution in [0.1, 0.15) is 70.4 Å². The van der Waals surface area contributed by atoms with E-state index in [9.17, 15) is 5.11 Å². The lowest BCUT2D eigenvalue weighted by atomic mass is 9.75. The Bertz CT molecular complexity index is 474. The Morgan fingerprint density at radius 2 is 2.00 bits per heavy atom. The first kappa shape index (κ1) is 13.2. The molecule has 0 bridgehead atoms. The minimum absolute atomic E-state index is 0.218. The summed E-state index contributed by atoms with van der Waals surface area (Å²) in [6.07, 6.45) is 6.58. The second kappa shape index (κ2) is 4.37. The molecule has 1 saturated carbocycles. The quantitative estimate of drug-likeness (QED) is 0.809. The first-order valence-corrected chi connectivity index (χ1v) is 7.77. The third-order valence-electron chi connectivity index (χ3n) is 5.59. The lowest BCUT2D eigenvalue weighted by Gasteiger charge is -2.35. The van der Waals surface area contributed by atoms with Gasteiger partial charge in [-0.3, -0.25) is 0 Å². The van der Waals surface area contributed by atoms with Crippen molar-refractivity contribution >= 4 is 0 Å². The molecule has 4 unspecified atom stereocenters. The molecular formula is C17H27NO. The summed E-state index contributed by atoms with van der Waals surface area (Å²) in [5.41, 5.74) is 2.80. The molecule has 2 aliphatic rings. The van der Waals surface area contributed by atoms with Crippen LogP contribution in [0, 0.1) is 17.3 Å². The molecule has 1 heterocycles. The highest BCUT2D eigenvalue weighted by atomic mass is 16.3. The molecule has 0 aromatic carbocycles. The molecule has 1 aromatic rings. The van der Waals surface area contributed by atoms with Crippen LogP contribution >= 0.6 is 0 Å². The largest absolute Gasteiger partial charge is 0.388 e. The van der Waals surface area contributed by atoms with E-state index in [0.717, 1.165) is 24.7 Å². The molecular weight excluding hydrogens is 234 g/mol. The van der Waals surface area contributed by atoms with Crippen LogP contribution in [0.2, 0.25) is 0 Å². The maximum atomic E-state index is 10.4. The van der Waals surface area contributed by atoms with Gasteiger partial charge in [-0.05, 0) is 49.0 Å². The molecule has 1 fully saturated rings. The van der Waals surface area contributed by atoms with Crippen molar-refractivity contribution in [1.29, 1.82) is 0 Å². The summed E-state index contributed by atoms with van der Waals surface area (Å²) in [5, 5.41) is 10.4. The normalized spacial score (nSPS) is 37.3. The maximum absolute atomic E-state index is 10.4. The smallest absolute Gasteiger partial charge is 0.0812 e. The van der Waals surface area contributed by atoms with Crippen molar-refractivity contribution < 1.29 is 5.11 Å². The highest BCUT2D eigenvalue weighted by molar-refractivity contribution is 5.30. The number of nitrogens with zero attached hydrogens (tertiary/aromatic N) is 1. The highest BCUT2D eigenvalue weighted by Crippen LogP contribution is 2.46. The molecule has 3 rings (SSSR count). The van der Waals surface area contributed by atoms with E-state index in [0.29, 0.717) is 6.04 Å². The first-order valence-electron chi connectivity index (χ1n) is 7.77. The van der Waals surface area contributed by atoms with Crippen molar-refractivity contribution in [1.82, 2.24) is 4.57 Å². The van der Waals surface area contributed by atoms with Crippen LogP contribution in [-0.2, 0) is 6.42 Å². The predicted octanol–water partition coefficient (Wildman–Crippen LogP) is 4.10. The van der Waals surface area contributed by atoms with Crippen LogP contribution in [0.25, 0.3) is 0 Å². The molecule has 0 spiro atoms. The molecule has 0 aliphatic heterocycles. The van der Waals surface area contributed by atoms with E-state index in [-0.39, 0.29) is 11.5 Å². The number of rotatable bonds is 1. The van der Waals surface area contributed by atoms with Crippen LogP contribution < -0.4 is 0 Å². The van der Waals surface area contributed by atoms with Gasteiger partial charge in [0, 0.05) is 23.5 Å². The summed E-state index contributed by atoms with van der Waals surface area (Å²) in [4.78, 5) is 0. The van der Waals surface area contributed by atoms with Crippen molar-refractivity contribution in [2.75, 3.05) is 0 Å². The molecule has 2 heteroatoms. The monoisotopic (exact) mass is 261 g/mol. The zero-order valence-corrected chi connectivity index (χ0v) is 12.7. The fourth-order valence-corrected chi connectivity index (χ4v) is 4.19. The summed E-state index contributed by atoms with van der Waals surface area (Å²) in [6, 6.07) is 2.80. The van der Waals surface area contributed by atoms with Crippen LogP contribution in [-0.4, -0.2) is 9.67 Å². The Morgan fingerprint density at radius 1 is 1.26 bits per heavy atom. The summed E-state index contributed by atoms with van der Waals surface area (Å²) < 4.78 is 2.49. The van der Waals surface area contributed by atoms with Gasteiger partial charge in [-0.25, -0.2) is 0 Å². The number of aliphatic hydroxyl groups excluding tert-OH is 1. The second-order valence-corrected chi connectivity index (χ2v) is 7.67. The van der Waals surface area contributed by atoms with E-state index in [1.54, 1.807) is 0 Å². The van der Waals surface area contributed by atoms with Gasteiger partial charge in [-0.1, -0.05) is 27.7 Å². The highest BCUT2D eigenvalue weighted by Gasteiger charge is 2.37. The molecule has 2 aliphatic carbocycles. The van der Waals surface area contributed by atoms with E-state index >= 15 is 0 Å². The Hall–Kier alpha value is -0.760. The summed E-state index contributed by atoms with van der Waals surface area (Å²) in [7, 11) is 0. The Balaban J connectivity index is 1.97. The first-order chi connectivity index (χ1) is 8.89. The third kappa shape index (κ3) is 2.14. The molecule has 1 N–H and O–H groups in total. The Morgan fingerprint density at radius 3 is 2.63 bits per heavy atom. The fourth-order valence-electron chi connectivity index (χ4n) is 4.19. The van der Waals surface area contributed by atoms with Crippen molar-refractivity contribution in [2.24, 2.45) is 17.3 Å². The lowest BCUT2D eigenvalue weighted by Crippen LogP contribution is -2.28. The zero-order chi connectivity index (χ0) is 13.8. The Kier molecular flexibility index (Phi) is 3.05. The molecule has 4 atom stereocenters. The number of aliphatic hydroxyl groups is 1. The van der Waals surface area contributed by atoms with Crippen LogP contribution in [0.15, 0.2) is 12.3 Å². The summed E-state index contributed by atoms with van der Waals surface area (Å²) in [5.74, 6) is 1.57. The van der Waals surface area contributed by atoms with E-state index in [4.69, 9.17) is 0 Å². The van der Waals surface area contributed by atoms with Gasteiger partial charge in [0.1, 0.15) is 0 Å². The lowest BCUT2D eigenvalue weighted by molar-refractivity contribution is 0.0970. The average Bonchev–Trinajstić information content (AvgIpc) is 2.83. The van der Waals surface area contributed by atoms with Crippen molar-refractivity contribution in [3.63, 3.8) is 0 Å². The van der Waals surface area contributed by atoms with Gasteiger partial charge >= 0.3 is 0 Å². The van der Waals surface area contributed by atoms with Crippen LogP contribution in [0.4, 0.5) is 0 Å². The number of aromatic nitrogens is 1. The van der Waals surface area contributed by atoms with Crippen molar-refractivity contribution in [2.45, 2.75) is 65.5 Å². The third-order valence-corrected chi connectivity index (χ3v) is 5.59. The fraction of sp³-hybridized carbons (Fsp3) is 0.765. The molecule has 1 aromatic heterocycles. The van der Waals surface area contributed by atoms with Crippen LogP contribution in [0.3, 0.4) is 0 Å². The Labute approximate surface area is 116 Å². The molecule has 0 saturated heterocycles. The van der Waals surface area contributed by atoms with Gasteiger partial charge in [0.05, 0.1) is 6.10 Å². The van der Waals surface area contributed by atoms with Gasteiger partial charge in [0.2, 0.25) is 0 Å². The van der Waals surface area contributed by atoms with Gasteiger partial charge in [0.25, 0.3) is 0 Å². The van der Waals surface area contributed by atoms with E-state index in [1.165, 1.54) is 24.1 Å². The number of hydrogen-bond acceptors (Lipinski definition) is 1. The molecule has 106 valence electrons. The van der Waals surface area contributed by atoms with Crippen molar-refractivity contribution in [3.05, 3.63) is 23.5 Å². The van der Waals surface area contributed by atoms with Crippen molar-refractivity contribution in [3.8, 4) is 0 Å². The molecule has 19 heavy (non-hydrogen) atoms. The van der Waals surface area contributed by atoms with Gasteiger partial charge in [-0.15, -0.1) is 0 Å². The maximum Gasteiger partial charge on any atom is 0.0812 e. The zero-order valence-electron chi connectivity index (χ0n) is 12.7. The molecule has 2 nitrogen and oxygen atoms in total. The minimum Gasteiger partial charge on any atom is -0.388 e. The second-order valence-electron chi connectivity index (χ2n) is 7.67. The average molecular weight is 261 g/mol. The summed E-state index contributed by atoms with van der Waals surface area (Å²) in [6.45, 7) is 9.31. The standard InChI is InChI=1S/C17H27NO/c1-11-5-6-14(12(11)2)18-8-7-13-15(18)9-17(3,4)10-16(13)19/h7-8,11-12,14,16,19H,5-6,9-10H2,1-4H3. The number of fused-ring (bicyclic) bond motifs is 1. The topological polar surface area (TPSA) is 25.2 Å². The predicted molar refractivity (Wildman–Crippen MR) is 78.1 cm³/mol. The van der Waals surface area contributed by atoms with Gasteiger partial charge in [-0.2, -0.15) is 0 Å². The van der Waals surface area contributed by atoms with E-state index in [2.05, 4.69) is 44.5 Å². The SMILES string of the molecule is CC1CCC(n2ccc3c2CC(C)(C)CC3O)C1C. The summed E-state index contributed by atoms with van der Waals surface area (Å²) >= 11 is 0. The van der Waals surface area contributed by atoms with E-state index < -0.39 is 0 Å².